The van der Waals surface area contributed by atoms with E-state index in [1.807, 2.05) is 6.92 Å². The number of nitrogens with zero attached hydrogens (tertiary/aromatic N) is 3. The molecule has 7 heteroatoms. The lowest BCUT2D eigenvalue weighted by atomic mass is 10.4. The van der Waals surface area contributed by atoms with Crippen molar-refractivity contribution in [2.75, 3.05) is 12.0 Å². The van der Waals surface area contributed by atoms with Crippen molar-refractivity contribution < 1.29 is 8.42 Å². The van der Waals surface area contributed by atoms with Gasteiger partial charge < -0.3 is 4.57 Å². The van der Waals surface area contributed by atoms with Crippen molar-refractivity contribution in [2.24, 2.45) is 7.05 Å². The molecule has 17 heavy (non-hydrogen) atoms. The van der Waals surface area contributed by atoms with E-state index in [0.717, 1.165) is 17.2 Å². The van der Waals surface area contributed by atoms with E-state index in [4.69, 9.17) is 5.26 Å². The monoisotopic (exact) mass is 271 g/mol. The van der Waals surface area contributed by atoms with Crippen LogP contribution in [0.1, 0.15) is 12.6 Å². The predicted molar refractivity (Wildman–Crippen MR) is 68.0 cm³/mol. The maximum Gasteiger partial charge on any atom is 0.185 e. The van der Waals surface area contributed by atoms with Gasteiger partial charge in [0.1, 0.15) is 11.0 Å². The van der Waals surface area contributed by atoms with Crippen LogP contribution in [0, 0.1) is 11.3 Å². The van der Waals surface area contributed by atoms with E-state index in [9.17, 15) is 8.42 Å². The quantitative estimate of drug-likeness (QED) is 0.612. The van der Waals surface area contributed by atoms with Gasteiger partial charge in [-0.3, -0.25) is 0 Å². The van der Waals surface area contributed by atoms with E-state index in [1.165, 1.54) is 6.08 Å². The summed E-state index contributed by atoms with van der Waals surface area (Å²) in [4.78, 5) is 3.90. The van der Waals surface area contributed by atoms with E-state index in [1.54, 1.807) is 35.6 Å². The third-order valence-electron chi connectivity index (χ3n) is 2.04. The first-order chi connectivity index (χ1) is 7.90. The first-order valence-electron chi connectivity index (χ1n) is 4.86. The molecule has 1 heterocycles. The van der Waals surface area contributed by atoms with Crippen molar-refractivity contribution in [3.8, 4) is 6.07 Å². The molecule has 0 unspecified atom stereocenters. The second-order valence-electron chi connectivity index (χ2n) is 3.35. The lowest BCUT2D eigenvalue weighted by Crippen LogP contribution is -2.00. The van der Waals surface area contributed by atoms with Crippen LogP contribution in [-0.4, -0.2) is 30.0 Å². The Balaban J connectivity index is 3.20. The number of nitriles is 1. The van der Waals surface area contributed by atoms with Gasteiger partial charge in [0, 0.05) is 13.3 Å². The molecule has 0 aliphatic carbocycles. The average molecular weight is 271 g/mol. The molecule has 0 saturated heterocycles. The minimum absolute atomic E-state index is 0.256. The molecule has 1 aromatic heterocycles. The molecule has 0 saturated carbocycles. The highest BCUT2D eigenvalue weighted by Crippen LogP contribution is 2.19. The highest BCUT2D eigenvalue weighted by molar-refractivity contribution is 7.99. The average Bonchev–Trinajstić information content (AvgIpc) is 2.56. The summed E-state index contributed by atoms with van der Waals surface area (Å²) in [6.07, 6.45) is 3.91. The van der Waals surface area contributed by atoms with E-state index in [-0.39, 0.29) is 4.91 Å². The van der Waals surface area contributed by atoms with Gasteiger partial charge in [0.05, 0.1) is 11.9 Å². The molecule has 92 valence electrons. The van der Waals surface area contributed by atoms with Crippen molar-refractivity contribution in [1.29, 1.82) is 5.26 Å². The van der Waals surface area contributed by atoms with Crippen LogP contribution in [0.15, 0.2) is 16.3 Å². The largest absolute Gasteiger partial charge is 0.323 e. The SMILES string of the molecule is CCSc1ncc(C=C(C#N)S(C)(=O)=O)n1C. The van der Waals surface area contributed by atoms with Crippen LogP contribution in [0.3, 0.4) is 0 Å². The third kappa shape index (κ3) is 3.35. The molecule has 0 fully saturated rings. The van der Waals surface area contributed by atoms with Crippen LogP contribution in [0.4, 0.5) is 0 Å². The fourth-order valence-electron chi connectivity index (χ4n) is 1.16. The summed E-state index contributed by atoms with van der Waals surface area (Å²) in [7, 11) is -1.70. The summed E-state index contributed by atoms with van der Waals surface area (Å²) < 4.78 is 24.3. The summed E-state index contributed by atoms with van der Waals surface area (Å²) in [6, 6.07) is 1.68. The fourth-order valence-corrected chi connectivity index (χ4v) is 2.34. The Hall–Kier alpha value is -1.26. The number of allylic oxidation sites excluding steroid dienone is 1. The fraction of sp³-hybridized carbons (Fsp3) is 0.400. The minimum atomic E-state index is -3.48. The predicted octanol–water partition coefficient (Wildman–Crippen LogP) is 1.44. The van der Waals surface area contributed by atoms with Crippen molar-refractivity contribution >= 4 is 27.7 Å². The molecule has 0 amide bonds. The molecule has 0 spiro atoms. The van der Waals surface area contributed by atoms with Crippen LogP contribution in [0.5, 0.6) is 0 Å². The molecule has 0 aliphatic rings. The summed E-state index contributed by atoms with van der Waals surface area (Å²) in [6.45, 7) is 2.01. The summed E-state index contributed by atoms with van der Waals surface area (Å²) in [5, 5.41) is 9.59. The van der Waals surface area contributed by atoms with Crippen LogP contribution >= 0.6 is 11.8 Å². The smallest absolute Gasteiger partial charge is 0.185 e. The summed E-state index contributed by atoms with van der Waals surface area (Å²) >= 11 is 1.56. The topological polar surface area (TPSA) is 75.8 Å². The van der Waals surface area contributed by atoms with Gasteiger partial charge in [-0.15, -0.1) is 0 Å². The van der Waals surface area contributed by atoms with Gasteiger partial charge in [-0.2, -0.15) is 5.26 Å². The van der Waals surface area contributed by atoms with Gasteiger partial charge in [-0.05, 0) is 11.8 Å². The lowest BCUT2D eigenvalue weighted by molar-refractivity contribution is 0.609. The standard InChI is InChI=1S/C10H13N3O2S2/c1-4-16-10-12-7-8(13(10)2)5-9(6-11)17(3,14)15/h5,7H,4H2,1-3H3. The number of rotatable bonds is 4. The van der Waals surface area contributed by atoms with Crippen LogP contribution in [0.2, 0.25) is 0 Å². The molecule has 0 aliphatic heterocycles. The Morgan fingerprint density at radius 3 is 2.82 bits per heavy atom. The van der Waals surface area contributed by atoms with Crippen molar-refractivity contribution in [2.45, 2.75) is 12.1 Å². The Kier molecular flexibility index (Phi) is 4.37. The number of thioether (sulfide) groups is 1. The Morgan fingerprint density at radius 1 is 1.71 bits per heavy atom. The maximum atomic E-state index is 11.3. The van der Waals surface area contributed by atoms with Crippen molar-refractivity contribution in [1.82, 2.24) is 9.55 Å². The molecule has 0 aromatic carbocycles. The first kappa shape index (κ1) is 13.8. The highest BCUT2D eigenvalue weighted by atomic mass is 32.2. The molecular formula is C10H13N3O2S2. The van der Waals surface area contributed by atoms with Crippen LogP contribution < -0.4 is 0 Å². The molecular weight excluding hydrogens is 258 g/mol. The number of aromatic nitrogens is 2. The lowest BCUT2D eigenvalue weighted by Gasteiger charge is -2.01. The summed E-state index contributed by atoms with van der Waals surface area (Å²) in [5.41, 5.74) is 0.600. The van der Waals surface area contributed by atoms with Crippen molar-refractivity contribution in [3.63, 3.8) is 0 Å². The maximum absolute atomic E-state index is 11.3. The molecule has 1 rings (SSSR count). The van der Waals surface area contributed by atoms with Gasteiger partial charge in [0.25, 0.3) is 0 Å². The summed E-state index contributed by atoms with van der Waals surface area (Å²) in [5.74, 6) is 0.880. The Bertz CT molecular complexity index is 579. The number of imidazole rings is 1. The first-order valence-corrected chi connectivity index (χ1v) is 7.74. The molecule has 0 bridgehead atoms. The normalized spacial score (nSPS) is 12.5. The van der Waals surface area contributed by atoms with Gasteiger partial charge in [0.2, 0.25) is 0 Å². The van der Waals surface area contributed by atoms with Crippen LogP contribution in [0.25, 0.3) is 6.08 Å². The number of hydrogen-bond donors (Lipinski definition) is 0. The van der Waals surface area contributed by atoms with Gasteiger partial charge in [-0.1, -0.05) is 18.7 Å². The zero-order chi connectivity index (χ0) is 13.1. The Morgan fingerprint density at radius 2 is 2.35 bits per heavy atom. The molecule has 0 atom stereocenters. The zero-order valence-electron chi connectivity index (χ0n) is 9.84. The third-order valence-corrected chi connectivity index (χ3v) is 3.98. The minimum Gasteiger partial charge on any atom is -0.323 e. The molecule has 0 N–H and O–H groups in total. The van der Waals surface area contributed by atoms with Gasteiger partial charge in [-0.25, -0.2) is 13.4 Å². The van der Waals surface area contributed by atoms with Crippen molar-refractivity contribution in [3.05, 3.63) is 16.8 Å². The second-order valence-corrected chi connectivity index (χ2v) is 6.57. The zero-order valence-corrected chi connectivity index (χ0v) is 11.5. The second kappa shape index (κ2) is 5.38. The molecule has 5 nitrogen and oxygen atoms in total. The molecule has 0 radical (unpaired) electrons. The number of sulfone groups is 1. The molecule has 1 aromatic rings. The highest BCUT2D eigenvalue weighted by Gasteiger charge is 2.12. The van der Waals surface area contributed by atoms with E-state index in [2.05, 4.69) is 4.98 Å². The number of hydrogen-bond acceptors (Lipinski definition) is 5. The van der Waals surface area contributed by atoms with E-state index in [0.29, 0.717) is 5.69 Å². The van der Waals surface area contributed by atoms with E-state index < -0.39 is 9.84 Å². The van der Waals surface area contributed by atoms with E-state index >= 15 is 0 Å². The Labute approximate surface area is 105 Å². The van der Waals surface area contributed by atoms with Crippen LogP contribution in [-0.2, 0) is 16.9 Å². The van der Waals surface area contributed by atoms with Gasteiger partial charge >= 0.3 is 0 Å². The van der Waals surface area contributed by atoms with Gasteiger partial charge in [0.15, 0.2) is 15.0 Å².